The minimum absolute atomic E-state index is 0.143. The molecule has 0 saturated heterocycles. The van der Waals surface area contributed by atoms with E-state index in [1.807, 2.05) is 24.3 Å². The van der Waals surface area contributed by atoms with Crippen LogP contribution in [0.4, 0.5) is 10.1 Å². The molecule has 6 rings (SSSR count). The average molecular weight is 586 g/mol. The van der Waals surface area contributed by atoms with Crippen molar-refractivity contribution in [1.82, 2.24) is 10.2 Å². The molecule has 2 aliphatic rings. The Bertz CT molecular complexity index is 1630. The molecule has 0 aliphatic carbocycles. The van der Waals surface area contributed by atoms with Crippen molar-refractivity contribution in [3.05, 3.63) is 124 Å². The van der Waals surface area contributed by atoms with Gasteiger partial charge in [-0.05, 0) is 72.0 Å². The average Bonchev–Trinajstić information content (AvgIpc) is 3.10. The van der Waals surface area contributed by atoms with Gasteiger partial charge in [0.15, 0.2) is 0 Å². The summed E-state index contributed by atoms with van der Waals surface area (Å²) < 4.78 is 13.7. The lowest BCUT2D eigenvalue weighted by molar-refractivity contribution is 0.0947. The Morgan fingerprint density at radius 3 is 2.61 bits per heavy atom. The standard InChI is InChI=1S/C33H29ClFN3O2S/c34-28-19-26(35)12-10-25(28)21-38-29-18-23(11-13-31(29)41-30-9-4-3-8-27(30)33(38)40)32(39)36-15-5-16-37-17-14-22-6-1-2-7-24(22)20-37/h1-4,6-13,18-19H,5,14-17,20-21H2,(H,36,39). The first-order valence-electron chi connectivity index (χ1n) is 13.7. The van der Waals surface area contributed by atoms with E-state index in [4.69, 9.17) is 11.6 Å². The summed E-state index contributed by atoms with van der Waals surface area (Å²) in [5.74, 6) is -0.824. The van der Waals surface area contributed by atoms with Crippen LogP contribution < -0.4 is 10.2 Å². The van der Waals surface area contributed by atoms with Crippen LogP contribution in [0.25, 0.3) is 0 Å². The van der Waals surface area contributed by atoms with Gasteiger partial charge in [0, 0.05) is 46.6 Å². The molecule has 208 valence electrons. The molecule has 2 amide bonds. The van der Waals surface area contributed by atoms with Crippen LogP contribution >= 0.6 is 23.4 Å². The second-order valence-corrected chi connectivity index (χ2v) is 11.8. The van der Waals surface area contributed by atoms with Crippen LogP contribution in [0.5, 0.6) is 0 Å². The highest BCUT2D eigenvalue weighted by atomic mass is 35.5. The van der Waals surface area contributed by atoms with Crippen LogP contribution in [0.1, 0.15) is 43.8 Å². The molecular weight excluding hydrogens is 557 g/mol. The van der Waals surface area contributed by atoms with Crippen molar-refractivity contribution in [3.8, 4) is 0 Å². The Labute approximate surface area is 248 Å². The van der Waals surface area contributed by atoms with Gasteiger partial charge in [-0.2, -0.15) is 0 Å². The van der Waals surface area contributed by atoms with E-state index in [0.717, 1.165) is 42.3 Å². The molecule has 4 aromatic carbocycles. The van der Waals surface area contributed by atoms with Crippen molar-refractivity contribution >= 4 is 40.9 Å². The van der Waals surface area contributed by atoms with E-state index in [2.05, 4.69) is 34.5 Å². The molecule has 0 fully saturated rings. The van der Waals surface area contributed by atoms with E-state index in [0.29, 0.717) is 28.9 Å². The SMILES string of the molecule is O=C(NCCCN1CCc2ccccc2C1)c1ccc2c(c1)N(Cc1ccc(F)cc1Cl)C(=O)c1ccccc1S2. The first-order valence-corrected chi connectivity index (χ1v) is 14.9. The second kappa shape index (κ2) is 12.1. The van der Waals surface area contributed by atoms with Gasteiger partial charge in [0.05, 0.1) is 17.8 Å². The zero-order valence-corrected chi connectivity index (χ0v) is 24.0. The predicted molar refractivity (Wildman–Crippen MR) is 161 cm³/mol. The number of rotatable bonds is 7. The quantitative estimate of drug-likeness (QED) is 0.238. The van der Waals surface area contributed by atoms with E-state index in [9.17, 15) is 14.0 Å². The predicted octanol–water partition coefficient (Wildman–Crippen LogP) is 6.97. The van der Waals surface area contributed by atoms with Gasteiger partial charge in [-0.25, -0.2) is 4.39 Å². The molecule has 0 aromatic heterocycles. The summed E-state index contributed by atoms with van der Waals surface area (Å²) in [7, 11) is 0. The maximum Gasteiger partial charge on any atom is 0.259 e. The molecule has 0 spiro atoms. The third-order valence-electron chi connectivity index (χ3n) is 7.58. The zero-order chi connectivity index (χ0) is 28.3. The summed E-state index contributed by atoms with van der Waals surface area (Å²) in [6, 6.07) is 25.6. The summed E-state index contributed by atoms with van der Waals surface area (Å²) >= 11 is 7.84. The van der Waals surface area contributed by atoms with Gasteiger partial charge in [-0.1, -0.05) is 65.8 Å². The topological polar surface area (TPSA) is 52.7 Å². The molecule has 0 radical (unpaired) electrons. The van der Waals surface area contributed by atoms with Crippen molar-refractivity contribution in [2.24, 2.45) is 0 Å². The zero-order valence-electron chi connectivity index (χ0n) is 22.4. The van der Waals surface area contributed by atoms with Crippen LogP contribution in [0.15, 0.2) is 94.7 Å². The minimum Gasteiger partial charge on any atom is -0.352 e. The van der Waals surface area contributed by atoms with Crippen LogP contribution in [0, 0.1) is 5.82 Å². The molecule has 41 heavy (non-hydrogen) atoms. The number of hydrogen-bond acceptors (Lipinski definition) is 4. The number of nitrogens with one attached hydrogen (secondary N) is 1. The summed E-state index contributed by atoms with van der Waals surface area (Å²) in [5, 5.41) is 3.30. The monoisotopic (exact) mass is 585 g/mol. The van der Waals surface area contributed by atoms with Crippen LogP contribution in [0.2, 0.25) is 5.02 Å². The highest BCUT2D eigenvalue weighted by molar-refractivity contribution is 7.99. The third-order valence-corrected chi connectivity index (χ3v) is 9.08. The molecule has 2 heterocycles. The van der Waals surface area contributed by atoms with E-state index in [-0.39, 0.29) is 23.4 Å². The number of halogens is 2. The molecule has 8 heteroatoms. The molecule has 0 saturated carbocycles. The molecule has 0 bridgehead atoms. The Balaban J connectivity index is 1.18. The van der Waals surface area contributed by atoms with Gasteiger partial charge in [0.1, 0.15) is 5.82 Å². The molecule has 0 unspecified atom stereocenters. The number of carbonyl (C=O) groups is 2. The summed E-state index contributed by atoms with van der Waals surface area (Å²) in [6.45, 7) is 3.58. The van der Waals surface area contributed by atoms with Gasteiger partial charge in [0.25, 0.3) is 11.8 Å². The molecular formula is C33H29ClFN3O2S. The van der Waals surface area contributed by atoms with E-state index in [1.54, 1.807) is 29.2 Å². The lowest BCUT2D eigenvalue weighted by Crippen LogP contribution is -2.34. The fraction of sp³-hybridized carbons (Fsp3) is 0.212. The summed E-state index contributed by atoms with van der Waals surface area (Å²) in [5.41, 5.74) is 5.09. The van der Waals surface area contributed by atoms with Gasteiger partial charge in [-0.15, -0.1) is 0 Å². The highest BCUT2D eigenvalue weighted by Crippen LogP contribution is 2.42. The number of hydrogen-bond donors (Lipinski definition) is 1. The lowest BCUT2D eigenvalue weighted by Gasteiger charge is -2.28. The first kappa shape index (κ1) is 27.5. The van der Waals surface area contributed by atoms with Gasteiger partial charge in [0.2, 0.25) is 0 Å². The Hall–Kier alpha value is -3.65. The van der Waals surface area contributed by atoms with E-state index in [1.165, 1.54) is 35.0 Å². The molecule has 0 atom stereocenters. The molecule has 4 aromatic rings. The maximum atomic E-state index is 13.8. The fourth-order valence-corrected chi connectivity index (χ4v) is 6.68. The Morgan fingerprint density at radius 2 is 1.76 bits per heavy atom. The van der Waals surface area contributed by atoms with E-state index < -0.39 is 5.82 Å². The summed E-state index contributed by atoms with van der Waals surface area (Å²) in [4.78, 5) is 32.7. The number of nitrogens with zero attached hydrogens (tertiary/aromatic N) is 2. The van der Waals surface area contributed by atoms with Crippen molar-refractivity contribution in [1.29, 1.82) is 0 Å². The van der Waals surface area contributed by atoms with Crippen molar-refractivity contribution in [2.75, 3.05) is 24.5 Å². The number of carbonyl (C=O) groups excluding carboxylic acids is 2. The smallest absolute Gasteiger partial charge is 0.259 e. The first-order chi connectivity index (χ1) is 20.0. The van der Waals surface area contributed by atoms with Crippen LogP contribution in [0.3, 0.4) is 0 Å². The summed E-state index contributed by atoms with van der Waals surface area (Å²) in [6.07, 6.45) is 1.90. The molecule has 1 N–H and O–H groups in total. The molecule has 2 aliphatic heterocycles. The Kier molecular flexibility index (Phi) is 8.10. The van der Waals surface area contributed by atoms with Crippen molar-refractivity contribution in [2.45, 2.75) is 35.7 Å². The fourth-order valence-electron chi connectivity index (χ4n) is 5.39. The maximum absolute atomic E-state index is 13.8. The number of benzene rings is 4. The third kappa shape index (κ3) is 6.03. The van der Waals surface area contributed by atoms with Crippen molar-refractivity contribution in [3.63, 3.8) is 0 Å². The van der Waals surface area contributed by atoms with Gasteiger partial charge < -0.3 is 10.2 Å². The van der Waals surface area contributed by atoms with Crippen molar-refractivity contribution < 1.29 is 14.0 Å². The van der Waals surface area contributed by atoms with Gasteiger partial charge >= 0.3 is 0 Å². The second-order valence-electron chi connectivity index (χ2n) is 10.3. The Morgan fingerprint density at radius 1 is 0.951 bits per heavy atom. The van der Waals surface area contributed by atoms with E-state index >= 15 is 0 Å². The lowest BCUT2D eigenvalue weighted by atomic mass is 10.00. The normalized spacial score (nSPS) is 14.6. The van der Waals surface area contributed by atoms with Gasteiger partial charge in [-0.3, -0.25) is 14.5 Å². The number of anilines is 1. The molecule has 5 nitrogen and oxygen atoms in total. The minimum atomic E-state index is -0.439. The largest absolute Gasteiger partial charge is 0.352 e. The van der Waals surface area contributed by atoms with Crippen LogP contribution in [-0.4, -0.2) is 36.3 Å². The highest BCUT2D eigenvalue weighted by Gasteiger charge is 2.29. The number of amides is 2. The van der Waals surface area contributed by atoms with Crippen LogP contribution in [-0.2, 0) is 19.5 Å². The number of fused-ring (bicyclic) bond motifs is 3.